The fourth-order valence-electron chi connectivity index (χ4n) is 0.598. The second-order valence-electron chi connectivity index (χ2n) is 1.78. The van der Waals surface area contributed by atoms with E-state index in [4.69, 9.17) is 5.21 Å². The highest BCUT2D eigenvalue weighted by Gasteiger charge is 1.90. The maximum Gasteiger partial charge on any atom is 0.120 e. The van der Waals surface area contributed by atoms with Gasteiger partial charge in [-0.2, -0.15) is 0 Å². The lowest BCUT2D eigenvalue weighted by Crippen LogP contribution is -2.18. The van der Waals surface area contributed by atoms with Crippen molar-refractivity contribution < 1.29 is 5.21 Å². The fraction of sp³-hybridized carbons (Fsp3) is 0.833. The van der Waals surface area contributed by atoms with Crippen LogP contribution in [0.25, 0.3) is 0 Å². The SMILES string of the molecule is CCCC(=NCC)NO. The number of nitrogens with one attached hydrogen (secondary N) is 1. The van der Waals surface area contributed by atoms with Gasteiger partial charge in [-0.05, 0) is 13.3 Å². The van der Waals surface area contributed by atoms with Crippen LogP contribution in [0.3, 0.4) is 0 Å². The van der Waals surface area contributed by atoms with E-state index >= 15 is 0 Å². The first-order valence-corrected chi connectivity index (χ1v) is 3.28. The number of nitrogens with zero attached hydrogens (tertiary/aromatic N) is 1. The molecule has 3 nitrogen and oxygen atoms in total. The molecule has 9 heavy (non-hydrogen) atoms. The van der Waals surface area contributed by atoms with Crippen molar-refractivity contribution in [2.45, 2.75) is 26.7 Å². The number of hydrogen-bond donors (Lipinski definition) is 2. The Morgan fingerprint density at radius 2 is 2.22 bits per heavy atom. The van der Waals surface area contributed by atoms with Crippen LogP contribution in [0.2, 0.25) is 0 Å². The van der Waals surface area contributed by atoms with Gasteiger partial charge in [-0.15, -0.1) is 0 Å². The van der Waals surface area contributed by atoms with E-state index in [1.165, 1.54) is 0 Å². The summed E-state index contributed by atoms with van der Waals surface area (Å²) in [5.41, 5.74) is 2.05. The highest BCUT2D eigenvalue weighted by atomic mass is 16.5. The Hall–Kier alpha value is -0.570. The molecule has 0 fully saturated rings. The molecule has 0 saturated carbocycles. The molecule has 0 spiro atoms. The van der Waals surface area contributed by atoms with Crippen LogP contribution in [0.5, 0.6) is 0 Å². The first-order chi connectivity index (χ1) is 4.35. The van der Waals surface area contributed by atoms with Crippen LogP contribution in [0.4, 0.5) is 0 Å². The fourth-order valence-corrected chi connectivity index (χ4v) is 0.598. The standard InChI is InChI=1S/C6H14N2O/c1-3-5-6(8-9)7-4-2/h9H,3-5H2,1-2H3,(H,7,8). The molecule has 0 aromatic carbocycles. The summed E-state index contributed by atoms with van der Waals surface area (Å²) in [4.78, 5) is 3.99. The van der Waals surface area contributed by atoms with Crippen molar-refractivity contribution in [1.82, 2.24) is 5.48 Å². The molecule has 0 rings (SSSR count). The number of hydrogen-bond acceptors (Lipinski definition) is 2. The Labute approximate surface area is 55.8 Å². The van der Waals surface area contributed by atoms with E-state index in [9.17, 15) is 0 Å². The third-order valence-corrected chi connectivity index (χ3v) is 0.965. The first-order valence-electron chi connectivity index (χ1n) is 3.28. The Kier molecular flexibility index (Phi) is 5.21. The number of hydroxylamine groups is 1. The van der Waals surface area contributed by atoms with E-state index in [1.807, 2.05) is 13.8 Å². The van der Waals surface area contributed by atoms with Crippen molar-refractivity contribution in [3.8, 4) is 0 Å². The predicted octanol–water partition coefficient (Wildman–Crippen LogP) is 1.18. The molecule has 3 heteroatoms. The molecular formula is C6H14N2O. The topological polar surface area (TPSA) is 44.6 Å². The summed E-state index contributed by atoms with van der Waals surface area (Å²) in [7, 11) is 0. The summed E-state index contributed by atoms with van der Waals surface area (Å²) >= 11 is 0. The smallest absolute Gasteiger partial charge is 0.120 e. The summed E-state index contributed by atoms with van der Waals surface area (Å²) in [5.74, 6) is 0.681. The summed E-state index contributed by atoms with van der Waals surface area (Å²) in [6.07, 6.45) is 1.83. The van der Waals surface area contributed by atoms with Crippen molar-refractivity contribution in [3.05, 3.63) is 0 Å². The quantitative estimate of drug-likeness (QED) is 0.342. The lowest BCUT2D eigenvalue weighted by molar-refractivity contribution is 0.231. The van der Waals surface area contributed by atoms with Gasteiger partial charge in [0.05, 0.1) is 0 Å². The molecule has 0 aliphatic rings. The van der Waals surface area contributed by atoms with Crippen molar-refractivity contribution in [3.63, 3.8) is 0 Å². The van der Waals surface area contributed by atoms with E-state index in [2.05, 4.69) is 10.5 Å². The van der Waals surface area contributed by atoms with Crippen LogP contribution in [0.1, 0.15) is 26.7 Å². The van der Waals surface area contributed by atoms with Crippen LogP contribution in [-0.2, 0) is 0 Å². The van der Waals surface area contributed by atoms with Gasteiger partial charge in [0, 0.05) is 13.0 Å². The minimum Gasteiger partial charge on any atom is -0.290 e. The Morgan fingerprint density at radius 3 is 2.56 bits per heavy atom. The summed E-state index contributed by atoms with van der Waals surface area (Å²) in [5, 5.41) is 8.41. The first kappa shape index (κ1) is 8.43. The molecule has 0 amide bonds. The molecule has 0 unspecified atom stereocenters. The molecule has 0 saturated heterocycles. The van der Waals surface area contributed by atoms with Crippen LogP contribution < -0.4 is 5.48 Å². The lowest BCUT2D eigenvalue weighted by atomic mass is 10.3. The maximum atomic E-state index is 8.41. The zero-order valence-electron chi connectivity index (χ0n) is 6.02. The van der Waals surface area contributed by atoms with Gasteiger partial charge in [0.1, 0.15) is 5.84 Å². The number of amidine groups is 1. The van der Waals surface area contributed by atoms with Gasteiger partial charge < -0.3 is 0 Å². The normalized spacial score (nSPS) is 11.7. The minimum atomic E-state index is 0.681. The van der Waals surface area contributed by atoms with Crippen molar-refractivity contribution in [1.29, 1.82) is 0 Å². The third kappa shape index (κ3) is 3.97. The summed E-state index contributed by atoms with van der Waals surface area (Å²) in [6, 6.07) is 0. The lowest BCUT2D eigenvalue weighted by Gasteiger charge is -1.99. The highest BCUT2D eigenvalue weighted by molar-refractivity contribution is 5.80. The zero-order chi connectivity index (χ0) is 7.11. The molecule has 0 aromatic heterocycles. The van der Waals surface area contributed by atoms with Crippen molar-refractivity contribution in [2.75, 3.05) is 6.54 Å². The number of aliphatic imine (C=N–C) groups is 1. The molecule has 0 aromatic rings. The van der Waals surface area contributed by atoms with Gasteiger partial charge in [-0.1, -0.05) is 6.92 Å². The average molecular weight is 130 g/mol. The Morgan fingerprint density at radius 1 is 1.56 bits per heavy atom. The largest absolute Gasteiger partial charge is 0.290 e. The molecule has 0 radical (unpaired) electrons. The van der Waals surface area contributed by atoms with Gasteiger partial charge >= 0.3 is 0 Å². The van der Waals surface area contributed by atoms with Crippen LogP contribution >= 0.6 is 0 Å². The van der Waals surface area contributed by atoms with Gasteiger partial charge in [-0.25, -0.2) is 0 Å². The van der Waals surface area contributed by atoms with E-state index in [0.29, 0.717) is 5.84 Å². The van der Waals surface area contributed by atoms with E-state index in [0.717, 1.165) is 19.4 Å². The molecule has 0 heterocycles. The number of rotatable bonds is 3. The average Bonchev–Trinajstić information content (AvgIpc) is 1.88. The zero-order valence-corrected chi connectivity index (χ0v) is 6.02. The van der Waals surface area contributed by atoms with E-state index in [-0.39, 0.29) is 0 Å². The predicted molar refractivity (Wildman–Crippen MR) is 37.8 cm³/mol. The van der Waals surface area contributed by atoms with Crippen molar-refractivity contribution >= 4 is 5.84 Å². The second-order valence-corrected chi connectivity index (χ2v) is 1.78. The summed E-state index contributed by atoms with van der Waals surface area (Å²) in [6.45, 7) is 4.71. The molecule has 54 valence electrons. The second kappa shape index (κ2) is 5.56. The van der Waals surface area contributed by atoms with Crippen molar-refractivity contribution in [2.24, 2.45) is 4.99 Å². The van der Waals surface area contributed by atoms with E-state index < -0.39 is 0 Å². The molecule has 0 bridgehead atoms. The molecular weight excluding hydrogens is 116 g/mol. The Balaban J connectivity index is 3.53. The van der Waals surface area contributed by atoms with Gasteiger partial charge in [0.15, 0.2) is 0 Å². The Bertz CT molecular complexity index is 91.1. The molecule has 0 aliphatic carbocycles. The van der Waals surface area contributed by atoms with Crippen LogP contribution in [-0.4, -0.2) is 17.6 Å². The third-order valence-electron chi connectivity index (χ3n) is 0.965. The molecule has 2 N–H and O–H groups in total. The summed E-state index contributed by atoms with van der Waals surface area (Å²) < 4.78 is 0. The monoisotopic (exact) mass is 130 g/mol. The maximum absolute atomic E-state index is 8.41. The highest BCUT2D eigenvalue weighted by Crippen LogP contribution is 1.87. The molecule has 0 atom stereocenters. The van der Waals surface area contributed by atoms with Gasteiger partial charge in [-0.3, -0.25) is 15.7 Å². The van der Waals surface area contributed by atoms with Gasteiger partial charge in [0.25, 0.3) is 0 Å². The van der Waals surface area contributed by atoms with Crippen LogP contribution in [0.15, 0.2) is 4.99 Å². The van der Waals surface area contributed by atoms with Crippen LogP contribution in [0, 0.1) is 0 Å². The van der Waals surface area contributed by atoms with Gasteiger partial charge in [0.2, 0.25) is 0 Å². The van der Waals surface area contributed by atoms with E-state index in [1.54, 1.807) is 0 Å². The minimum absolute atomic E-state index is 0.681. The molecule has 0 aliphatic heterocycles.